The normalized spacial score (nSPS) is 26.8. The summed E-state index contributed by atoms with van der Waals surface area (Å²) >= 11 is 0. The molecule has 2 N–H and O–H groups in total. The van der Waals surface area contributed by atoms with Gasteiger partial charge in [0.25, 0.3) is 0 Å². The lowest BCUT2D eigenvalue weighted by molar-refractivity contribution is -0.347. The van der Waals surface area contributed by atoms with Gasteiger partial charge in [-0.2, -0.15) is 14.9 Å². The molecule has 0 radical (unpaired) electrons. The van der Waals surface area contributed by atoms with Crippen molar-refractivity contribution in [2.75, 3.05) is 24.7 Å². The van der Waals surface area contributed by atoms with Crippen LogP contribution in [0.2, 0.25) is 0 Å². The van der Waals surface area contributed by atoms with E-state index < -0.39 is 18.1 Å². The molecule has 5 rings (SSSR count). The second kappa shape index (κ2) is 8.26. The smallest absolute Gasteiger partial charge is 0.385 e. The van der Waals surface area contributed by atoms with Gasteiger partial charge in [-0.05, 0) is 44.2 Å². The van der Waals surface area contributed by atoms with Crippen LogP contribution in [-0.2, 0) is 15.1 Å². The molecular formula is C21H25F3N6O3. The minimum Gasteiger partial charge on any atom is -0.385 e. The number of morpholine rings is 1. The van der Waals surface area contributed by atoms with Crippen molar-refractivity contribution in [3.05, 3.63) is 30.1 Å². The molecule has 1 saturated heterocycles. The Bertz CT molecular complexity index is 1110. The van der Waals surface area contributed by atoms with Gasteiger partial charge in [-0.1, -0.05) is 0 Å². The number of anilines is 1. The molecule has 4 heterocycles. The van der Waals surface area contributed by atoms with Crippen molar-refractivity contribution < 1.29 is 27.8 Å². The molecule has 0 amide bonds. The summed E-state index contributed by atoms with van der Waals surface area (Å²) in [5, 5.41) is 23.6. The molecule has 33 heavy (non-hydrogen) atoms. The molecule has 3 aromatic rings. The molecule has 1 atom stereocenters. The SMILES string of the molecule is C[C@@H]1COCCN1c1cc(C2(O)CCC(OC(F)(F)F)CC2)c2cnn(-c3ccn[nH]3)c2n1. The van der Waals surface area contributed by atoms with Crippen LogP contribution in [0.25, 0.3) is 16.9 Å². The van der Waals surface area contributed by atoms with E-state index in [1.54, 1.807) is 23.1 Å². The number of H-pyrrole nitrogens is 1. The number of aliphatic hydroxyl groups is 1. The van der Waals surface area contributed by atoms with Gasteiger partial charge in [0.1, 0.15) is 5.82 Å². The Balaban J connectivity index is 1.56. The second-order valence-electron chi connectivity index (χ2n) is 8.68. The Labute approximate surface area is 187 Å². The highest BCUT2D eigenvalue weighted by molar-refractivity contribution is 5.83. The quantitative estimate of drug-likeness (QED) is 0.610. The Morgan fingerprint density at radius 2 is 2.09 bits per heavy atom. The average molecular weight is 466 g/mol. The maximum atomic E-state index is 12.7. The molecule has 3 aromatic heterocycles. The molecule has 2 fully saturated rings. The number of rotatable bonds is 4. The predicted molar refractivity (Wildman–Crippen MR) is 112 cm³/mol. The summed E-state index contributed by atoms with van der Waals surface area (Å²) < 4.78 is 49.4. The molecule has 1 aliphatic heterocycles. The van der Waals surface area contributed by atoms with Crippen LogP contribution < -0.4 is 4.90 Å². The molecule has 178 valence electrons. The largest absolute Gasteiger partial charge is 0.522 e. The number of halogens is 3. The molecule has 2 aliphatic rings. The number of aromatic amines is 1. The van der Waals surface area contributed by atoms with E-state index in [1.807, 2.05) is 13.0 Å². The van der Waals surface area contributed by atoms with Crippen LogP contribution in [0.3, 0.4) is 0 Å². The van der Waals surface area contributed by atoms with Crippen LogP contribution in [0.15, 0.2) is 24.5 Å². The Morgan fingerprint density at radius 3 is 2.76 bits per heavy atom. The van der Waals surface area contributed by atoms with Crippen molar-refractivity contribution in [3.8, 4) is 5.82 Å². The first kappa shape index (κ1) is 22.1. The van der Waals surface area contributed by atoms with Crippen molar-refractivity contribution in [3.63, 3.8) is 0 Å². The fourth-order valence-electron chi connectivity index (χ4n) is 4.77. The summed E-state index contributed by atoms with van der Waals surface area (Å²) in [5.74, 6) is 1.28. The van der Waals surface area contributed by atoms with Gasteiger partial charge < -0.3 is 14.7 Å². The molecule has 1 aliphatic carbocycles. The van der Waals surface area contributed by atoms with Crippen molar-refractivity contribution in [1.82, 2.24) is 25.0 Å². The molecule has 1 saturated carbocycles. The highest BCUT2D eigenvalue weighted by Crippen LogP contribution is 2.43. The highest BCUT2D eigenvalue weighted by atomic mass is 19.4. The van der Waals surface area contributed by atoms with E-state index in [0.717, 1.165) is 0 Å². The second-order valence-corrected chi connectivity index (χ2v) is 8.68. The van der Waals surface area contributed by atoms with Gasteiger partial charge in [-0.25, -0.2) is 4.98 Å². The monoisotopic (exact) mass is 466 g/mol. The minimum absolute atomic E-state index is 0.0747. The molecule has 12 heteroatoms. The molecule has 0 bridgehead atoms. The van der Waals surface area contributed by atoms with E-state index >= 15 is 0 Å². The lowest BCUT2D eigenvalue weighted by Crippen LogP contribution is -2.44. The van der Waals surface area contributed by atoms with Gasteiger partial charge in [0.15, 0.2) is 11.5 Å². The predicted octanol–water partition coefficient (Wildman–Crippen LogP) is 3.04. The average Bonchev–Trinajstić information content (AvgIpc) is 3.44. The van der Waals surface area contributed by atoms with Gasteiger partial charge in [0.05, 0.1) is 43.4 Å². The van der Waals surface area contributed by atoms with Crippen LogP contribution in [0.4, 0.5) is 19.0 Å². The number of hydrogen-bond acceptors (Lipinski definition) is 7. The number of pyridine rings is 1. The van der Waals surface area contributed by atoms with Crippen LogP contribution in [-0.4, -0.2) is 68.3 Å². The zero-order valence-electron chi connectivity index (χ0n) is 18.0. The van der Waals surface area contributed by atoms with E-state index in [1.165, 1.54) is 0 Å². The zero-order chi connectivity index (χ0) is 23.2. The van der Waals surface area contributed by atoms with Crippen molar-refractivity contribution in [2.24, 2.45) is 0 Å². The number of ether oxygens (including phenoxy) is 2. The van der Waals surface area contributed by atoms with Crippen LogP contribution in [0, 0.1) is 0 Å². The highest BCUT2D eigenvalue weighted by Gasteiger charge is 2.42. The molecule has 0 unspecified atom stereocenters. The molecular weight excluding hydrogens is 441 g/mol. The van der Waals surface area contributed by atoms with Crippen molar-refractivity contribution in [2.45, 2.75) is 56.7 Å². The minimum atomic E-state index is -4.69. The lowest BCUT2D eigenvalue weighted by atomic mass is 9.78. The van der Waals surface area contributed by atoms with Gasteiger partial charge in [-0.3, -0.25) is 9.84 Å². The summed E-state index contributed by atoms with van der Waals surface area (Å²) in [5.41, 5.74) is -0.177. The first-order valence-corrected chi connectivity index (χ1v) is 10.9. The zero-order valence-corrected chi connectivity index (χ0v) is 18.0. The Hall–Kier alpha value is -2.70. The van der Waals surface area contributed by atoms with Crippen molar-refractivity contribution >= 4 is 16.9 Å². The molecule has 0 aromatic carbocycles. The molecule has 9 nitrogen and oxygen atoms in total. The maximum Gasteiger partial charge on any atom is 0.522 e. The maximum absolute atomic E-state index is 12.7. The van der Waals surface area contributed by atoms with Crippen LogP contribution >= 0.6 is 0 Å². The fourth-order valence-corrected chi connectivity index (χ4v) is 4.77. The van der Waals surface area contributed by atoms with Gasteiger partial charge in [0, 0.05) is 18.0 Å². The van der Waals surface area contributed by atoms with Crippen LogP contribution in [0.1, 0.15) is 38.2 Å². The van der Waals surface area contributed by atoms with Gasteiger partial charge >= 0.3 is 6.36 Å². The Morgan fingerprint density at radius 1 is 1.30 bits per heavy atom. The summed E-state index contributed by atoms with van der Waals surface area (Å²) in [6.45, 7) is 3.78. The molecule has 0 spiro atoms. The number of alkyl halides is 3. The summed E-state index contributed by atoms with van der Waals surface area (Å²) in [6, 6.07) is 3.67. The van der Waals surface area contributed by atoms with Gasteiger partial charge in [-0.15, -0.1) is 13.2 Å². The fraction of sp³-hybridized carbons (Fsp3) is 0.571. The first-order chi connectivity index (χ1) is 15.7. The van der Waals surface area contributed by atoms with Crippen molar-refractivity contribution in [1.29, 1.82) is 0 Å². The topological polar surface area (TPSA) is 101 Å². The summed E-state index contributed by atoms with van der Waals surface area (Å²) in [6.07, 6.45) is -1.95. The third-order valence-corrected chi connectivity index (χ3v) is 6.47. The van der Waals surface area contributed by atoms with E-state index in [-0.39, 0.29) is 31.7 Å². The van der Waals surface area contributed by atoms with E-state index in [0.29, 0.717) is 48.0 Å². The van der Waals surface area contributed by atoms with E-state index in [9.17, 15) is 18.3 Å². The van der Waals surface area contributed by atoms with Crippen LogP contribution in [0.5, 0.6) is 0 Å². The number of fused-ring (bicyclic) bond motifs is 1. The standard InChI is InChI=1S/C21H25F3N6O3/c1-13-12-32-9-8-29(13)18-10-16(20(31)5-2-14(3-6-20)33-21(22,23)24)15-11-26-30(19(15)27-18)17-4-7-25-28-17/h4,7,10-11,13-14,31H,2-3,5-6,8-9,12H2,1H3,(H,25,28)/t13-,14?,20?/m1/s1. The lowest BCUT2D eigenvalue weighted by Gasteiger charge is -2.38. The number of nitrogens with one attached hydrogen (secondary N) is 1. The van der Waals surface area contributed by atoms with E-state index in [2.05, 4.69) is 24.9 Å². The number of nitrogens with zero attached hydrogens (tertiary/aromatic N) is 5. The van der Waals surface area contributed by atoms with E-state index in [4.69, 9.17) is 9.72 Å². The number of aromatic nitrogens is 5. The third kappa shape index (κ3) is 4.30. The summed E-state index contributed by atoms with van der Waals surface area (Å²) in [7, 11) is 0. The first-order valence-electron chi connectivity index (χ1n) is 10.9. The third-order valence-electron chi connectivity index (χ3n) is 6.47. The summed E-state index contributed by atoms with van der Waals surface area (Å²) in [4.78, 5) is 6.96. The number of hydrogen-bond donors (Lipinski definition) is 2. The van der Waals surface area contributed by atoms with Gasteiger partial charge in [0.2, 0.25) is 0 Å². The Kier molecular flexibility index (Phi) is 5.53.